The van der Waals surface area contributed by atoms with Crippen LogP contribution in [-0.2, 0) is 5.54 Å². The normalized spacial score (nSPS) is 11.6. The number of hydrogen-bond acceptors (Lipinski definition) is 3. The Hall–Kier alpha value is -1.86. The summed E-state index contributed by atoms with van der Waals surface area (Å²) in [7, 11) is 1.88. The van der Waals surface area contributed by atoms with Crippen molar-refractivity contribution in [2.24, 2.45) is 0 Å². The Kier molecular flexibility index (Phi) is 2.41. The third-order valence-electron chi connectivity index (χ3n) is 2.84. The van der Waals surface area contributed by atoms with Crippen molar-refractivity contribution in [3.05, 3.63) is 35.9 Å². The van der Waals surface area contributed by atoms with Crippen molar-refractivity contribution in [2.75, 3.05) is 7.05 Å². The molecular formula is C12H14N4. The van der Waals surface area contributed by atoms with Gasteiger partial charge in [-0.2, -0.15) is 5.26 Å². The number of imidazole rings is 1. The molecule has 0 saturated heterocycles. The molecule has 4 heteroatoms. The number of nitrogens with one attached hydrogen (secondary N) is 1. The lowest BCUT2D eigenvalue weighted by Crippen LogP contribution is -2.35. The maximum absolute atomic E-state index is 9.04. The molecule has 0 atom stereocenters. The van der Waals surface area contributed by atoms with Crippen LogP contribution in [0.15, 0.2) is 24.4 Å². The van der Waals surface area contributed by atoms with Gasteiger partial charge in [0.25, 0.3) is 0 Å². The average Bonchev–Trinajstić information content (AvgIpc) is 2.68. The summed E-state index contributed by atoms with van der Waals surface area (Å²) >= 11 is 0. The second-order valence-corrected chi connectivity index (χ2v) is 4.23. The zero-order valence-corrected chi connectivity index (χ0v) is 9.65. The first-order valence-electron chi connectivity index (χ1n) is 5.16. The largest absolute Gasteiger partial charge is 0.308 e. The Morgan fingerprint density at radius 3 is 2.81 bits per heavy atom. The molecule has 16 heavy (non-hydrogen) atoms. The summed E-state index contributed by atoms with van der Waals surface area (Å²) in [6.45, 7) is 4.08. The zero-order chi connectivity index (χ0) is 11.8. The standard InChI is InChI=1S/C12H14N4/c1-12(2,14-3)11-15-9(8-13)10-6-4-5-7-16(10)11/h4-7,14H,1-3H3. The van der Waals surface area contributed by atoms with Crippen LogP contribution in [0, 0.1) is 11.3 Å². The van der Waals surface area contributed by atoms with Crippen LogP contribution in [0.5, 0.6) is 0 Å². The molecule has 0 radical (unpaired) electrons. The van der Waals surface area contributed by atoms with Crippen LogP contribution in [0.2, 0.25) is 0 Å². The van der Waals surface area contributed by atoms with Gasteiger partial charge >= 0.3 is 0 Å². The van der Waals surface area contributed by atoms with Crippen molar-refractivity contribution in [1.29, 1.82) is 5.26 Å². The predicted molar refractivity (Wildman–Crippen MR) is 62.0 cm³/mol. The molecule has 0 aliphatic heterocycles. The van der Waals surface area contributed by atoms with Crippen LogP contribution in [-0.4, -0.2) is 16.4 Å². The lowest BCUT2D eigenvalue weighted by Gasteiger charge is -2.22. The molecule has 0 aromatic carbocycles. The summed E-state index contributed by atoms with van der Waals surface area (Å²) in [6.07, 6.45) is 1.93. The van der Waals surface area contributed by atoms with E-state index in [4.69, 9.17) is 5.26 Å². The summed E-state index contributed by atoms with van der Waals surface area (Å²) in [5, 5.41) is 12.2. The minimum Gasteiger partial charge on any atom is -0.308 e. The summed E-state index contributed by atoms with van der Waals surface area (Å²) in [6, 6.07) is 7.88. The third-order valence-corrected chi connectivity index (χ3v) is 2.84. The number of fused-ring (bicyclic) bond motifs is 1. The summed E-state index contributed by atoms with van der Waals surface area (Å²) < 4.78 is 1.95. The number of pyridine rings is 1. The Morgan fingerprint density at radius 2 is 2.19 bits per heavy atom. The van der Waals surface area contributed by atoms with Crippen LogP contribution in [0.4, 0.5) is 0 Å². The van der Waals surface area contributed by atoms with Gasteiger partial charge in [-0.15, -0.1) is 0 Å². The predicted octanol–water partition coefficient (Wildman–Crippen LogP) is 1.66. The number of nitrogens with zero attached hydrogens (tertiary/aromatic N) is 3. The van der Waals surface area contributed by atoms with Gasteiger partial charge in [0.05, 0.1) is 11.1 Å². The van der Waals surface area contributed by atoms with E-state index in [0.717, 1.165) is 11.3 Å². The second-order valence-electron chi connectivity index (χ2n) is 4.23. The Labute approximate surface area is 94.5 Å². The molecule has 0 saturated carbocycles. The van der Waals surface area contributed by atoms with Crippen molar-refractivity contribution in [1.82, 2.24) is 14.7 Å². The van der Waals surface area contributed by atoms with Gasteiger partial charge in [-0.1, -0.05) is 6.07 Å². The molecule has 4 nitrogen and oxygen atoms in total. The van der Waals surface area contributed by atoms with Gasteiger partial charge in [0, 0.05) is 6.20 Å². The van der Waals surface area contributed by atoms with Crippen LogP contribution in [0.25, 0.3) is 5.52 Å². The molecule has 0 aliphatic carbocycles. The van der Waals surface area contributed by atoms with Gasteiger partial charge in [0.1, 0.15) is 11.9 Å². The van der Waals surface area contributed by atoms with Gasteiger partial charge in [-0.25, -0.2) is 4.98 Å². The van der Waals surface area contributed by atoms with E-state index >= 15 is 0 Å². The van der Waals surface area contributed by atoms with E-state index in [2.05, 4.69) is 16.4 Å². The maximum atomic E-state index is 9.04. The van der Waals surface area contributed by atoms with Crippen molar-refractivity contribution in [3.63, 3.8) is 0 Å². The highest BCUT2D eigenvalue weighted by atomic mass is 15.1. The summed E-state index contributed by atoms with van der Waals surface area (Å²) in [5.41, 5.74) is 1.06. The molecule has 2 aromatic heterocycles. The molecule has 2 heterocycles. The van der Waals surface area contributed by atoms with E-state index in [-0.39, 0.29) is 5.54 Å². The maximum Gasteiger partial charge on any atom is 0.166 e. The van der Waals surface area contributed by atoms with E-state index in [9.17, 15) is 0 Å². The van der Waals surface area contributed by atoms with Crippen LogP contribution in [0.1, 0.15) is 25.4 Å². The van der Waals surface area contributed by atoms with Gasteiger partial charge in [-0.05, 0) is 33.0 Å². The summed E-state index contributed by atoms with van der Waals surface area (Å²) in [5.74, 6) is 0.849. The number of rotatable bonds is 2. The highest BCUT2D eigenvalue weighted by Gasteiger charge is 2.25. The van der Waals surface area contributed by atoms with Crippen molar-refractivity contribution >= 4 is 5.52 Å². The highest BCUT2D eigenvalue weighted by molar-refractivity contribution is 5.59. The van der Waals surface area contributed by atoms with Crippen molar-refractivity contribution in [2.45, 2.75) is 19.4 Å². The first-order valence-corrected chi connectivity index (χ1v) is 5.16. The number of aromatic nitrogens is 2. The Balaban J connectivity index is 2.78. The quantitative estimate of drug-likeness (QED) is 0.827. The Morgan fingerprint density at radius 1 is 1.44 bits per heavy atom. The summed E-state index contributed by atoms with van der Waals surface area (Å²) in [4.78, 5) is 4.39. The van der Waals surface area contributed by atoms with E-state index in [0.29, 0.717) is 5.69 Å². The fourth-order valence-electron chi connectivity index (χ4n) is 1.67. The first kappa shape index (κ1) is 10.7. The van der Waals surface area contributed by atoms with Crippen LogP contribution < -0.4 is 5.32 Å². The van der Waals surface area contributed by atoms with Crippen LogP contribution in [0.3, 0.4) is 0 Å². The van der Waals surface area contributed by atoms with Crippen molar-refractivity contribution in [3.8, 4) is 6.07 Å². The van der Waals surface area contributed by atoms with E-state index < -0.39 is 0 Å². The monoisotopic (exact) mass is 214 g/mol. The van der Waals surface area contributed by atoms with E-state index in [1.807, 2.05) is 49.7 Å². The lowest BCUT2D eigenvalue weighted by atomic mass is 10.1. The molecule has 82 valence electrons. The molecule has 0 spiro atoms. The molecule has 1 N–H and O–H groups in total. The number of nitriles is 1. The average molecular weight is 214 g/mol. The fourth-order valence-corrected chi connectivity index (χ4v) is 1.67. The van der Waals surface area contributed by atoms with Gasteiger partial charge in [-0.3, -0.25) is 0 Å². The van der Waals surface area contributed by atoms with Gasteiger partial charge in [0.2, 0.25) is 0 Å². The first-order chi connectivity index (χ1) is 7.60. The molecule has 2 aromatic rings. The minimum absolute atomic E-state index is 0.265. The molecule has 0 unspecified atom stereocenters. The molecule has 0 bridgehead atoms. The Bertz CT molecular complexity index is 560. The van der Waals surface area contributed by atoms with Crippen LogP contribution >= 0.6 is 0 Å². The van der Waals surface area contributed by atoms with E-state index in [1.54, 1.807) is 0 Å². The number of hydrogen-bond donors (Lipinski definition) is 1. The van der Waals surface area contributed by atoms with Gasteiger partial charge < -0.3 is 9.72 Å². The zero-order valence-electron chi connectivity index (χ0n) is 9.65. The molecule has 0 fully saturated rings. The molecule has 2 rings (SSSR count). The lowest BCUT2D eigenvalue weighted by molar-refractivity contribution is 0.415. The minimum atomic E-state index is -0.265. The second kappa shape index (κ2) is 3.62. The highest BCUT2D eigenvalue weighted by Crippen LogP contribution is 2.21. The van der Waals surface area contributed by atoms with Gasteiger partial charge in [0.15, 0.2) is 5.69 Å². The smallest absolute Gasteiger partial charge is 0.166 e. The molecule has 0 amide bonds. The third kappa shape index (κ3) is 1.46. The van der Waals surface area contributed by atoms with Crippen molar-refractivity contribution < 1.29 is 0 Å². The molecule has 0 aliphatic rings. The fraction of sp³-hybridized carbons (Fsp3) is 0.333. The topological polar surface area (TPSA) is 53.1 Å². The SMILES string of the molecule is CNC(C)(C)c1nc(C#N)c2ccccn12. The molecular weight excluding hydrogens is 200 g/mol. The van der Waals surface area contributed by atoms with E-state index in [1.165, 1.54) is 0 Å².